The first kappa shape index (κ1) is 17.6. The van der Waals surface area contributed by atoms with Crippen LogP contribution in [0.15, 0.2) is 94.6 Å². The van der Waals surface area contributed by atoms with Crippen LogP contribution in [0.5, 0.6) is 0 Å². The predicted molar refractivity (Wildman–Crippen MR) is 108 cm³/mol. The molecule has 4 rings (SSSR count). The lowest BCUT2D eigenvalue weighted by Crippen LogP contribution is -1.88. The summed E-state index contributed by atoms with van der Waals surface area (Å²) in [7, 11) is 0. The van der Waals surface area contributed by atoms with E-state index < -0.39 is 0 Å². The molecule has 1 aromatic heterocycles. The number of benzene rings is 3. The molecule has 0 bridgehead atoms. The van der Waals surface area contributed by atoms with Crippen LogP contribution in [0.2, 0.25) is 0 Å². The summed E-state index contributed by atoms with van der Waals surface area (Å²) >= 11 is 1.53. The van der Waals surface area contributed by atoms with Crippen molar-refractivity contribution in [3.05, 3.63) is 96.3 Å². The molecular formula is C23H18FNOS. The lowest BCUT2D eigenvalue weighted by atomic mass is 10.1. The minimum atomic E-state index is -0.232. The molecule has 0 saturated heterocycles. The van der Waals surface area contributed by atoms with Gasteiger partial charge in [0.15, 0.2) is 5.76 Å². The number of hydrogen-bond donors (Lipinski definition) is 0. The molecule has 4 heteroatoms. The molecule has 0 aliphatic heterocycles. The topological polar surface area (TPSA) is 26.0 Å². The van der Waals surface area contributed by atoms with Crippen molar-refractivity contribution in [2.24, 2.45) is 0 Å². The van der Waals surface area contributed by atoms with E-state index in [0.717, 1.165) is 28.1 Å². The zero-order chi connectivity index (χ0) is 18.6. The summed E-state index contributed by atoms with van der Waals surface area (Å²) in [6, 6.07) is 26.6. The first-order valence-electron chi connectivity index (χ1n) is 8.74. The molecule has 0 radical (unpaired) electrons. The van der Waals surface area contributed by atoms with Crippen molar-refractivity contribution in [1.29, 1.82) is 0 Å². The van der Waals surface area contributed by atoms with E-state index in [1.165, 1.54) is 23.9 Å². The molecule has 1 atom stereocenters. The quantitative estimate of drug-likeness (QED) is 0.351. The molecule has 0 amide bonds. The second-order valence-electron chi connectivity index (χ2n) is 6.20. The SMILES string of the molecule is C[C@@H](Sc1nc(-c2ccccc2)c(-c2ccccc2)o1)c1ccc(F)cc1. The van der Waals surface area contributed by atoms with Gasteiger partial charge in [-0.15, -0.1) is 0 Å². The van der Waals surface area contributed by atoms with Gasteiger partial charge in [0.2, 0.25) is 0 Å². The van der Waals surface area contributed by atoms with E-state index in [1.807, 2.05) is 60.7 Å². The summed E-state index contributed by atoms with van der Waals surface area (Å²) in [4.78, 5) is 4.76. The van der Waals surface area contributed by atoms with E-state index in [2.05, 4.69) is 6.92 Å². The summed E-state index contributed by atoms with van der Waals surface area (Å²) in [6.45, 7) is 2.06. The molecule has 0 aliphatic carbocycles. The van der Waals surface area contributed by atoms with Gasteiger partial charge >= 0.3 is 0 Å². The molecule has 2 nitrogen and oxygen atoms in total. The highest BCUT2D eigenvalue weighted by Crippen LogP contribution is 2.40. The fourth-order valence-electron chi connectivity index (χ4n) is 2.88. The standard InChI is InChI=1S/C23H18FNOS/c1-16(17-12-14-20(24)15-13-17)27-23-25-21(18-8-4-2-5-9-18)22(26-23)19-10-6-3-7-11-19/h2-16H,1H3/t16-/m1/s1. The van der Waals surface area contributed by atoms with Crippen molar-refractivity contribution in [2.45, 2.75) is 17.4 Å². The summed E-state index contributed by atoms with van der Waals surface area (Å²) in [5.74, 6) is 0.528. The third-order valence-corrected chi connectivity index (χ3v) is 5.31. The minimum absolute atomic E-state index is 0.0940. The lowest BCUT2D eigenvalue weighted by Gasteiger charge is -2.08. The third-order valence-electron chi connectivity index (χ3n) is 4.31. The van der Waals surface area contributed by atoms with E-state index in [1.54, 1.807) is 12.1 Å². The van der Waals surface area contributed by atoms with Crippen LogP contribution < -0.4 is 0 Å². The number of aromatic nitrogens is 1. The van der Waals surface area contributed by atoms with Crippen LogP contribution >= 0.6 is 11.8 Å². The molecule has 134 valence electrons. The molecule has 27 heavy (non-hydrogen) atoms. The fourth-order valence-corrected chi connectivity index (χ4v) is 3.75. The van der Waals surface area contributed by atoms with E-state index in [-0.39, 0.29) is 11.1 Å². The van der Waals surface area contributed by atoms with Gasteiger partial charge in [0, 0.05) is 16.4 Å². The van der Waals surface area contributed by atoms with Gasteiger partial charge in [0.05, 0.1) is 0 Å². The Kier molecular flexibility index (Phi) is 5.07. The summed E-state index contributed by atoms with van der Waals surface area (Å²) in [6.07, 6.45) is 0. The Labute approximate surface area is 162 Å². The number of rotatable bonds is 5. The van der Waals surface area contributed by atoms with Crippen LogP contribution in [0.25, 0.3) is 22.6 Å². The molecule has 0 saturated carbocycles. The van der Waals surface area contributed by atoms with Gasteiger partial charge < -0.3 is 4.42 Å². The second-order valence-corrected chi connectivity index (χ2v) is 7.49. The number of oxazole rings is 1. The zero-order valence-corrected chi connectivity index (χ0v) is 15.6. The molecule has 4 aromatic rings. The maximum absolute atomic E-state index is 13.2. The highest BCUT2D eigenvalue weighted by molar-refractivity contribution is 7.99. The predicted octanol–water partition coefficient (Wildman–Crippen LogP) is 7.00. The molecule has 1 heterocycles. The Morgan fingerprint density at radius 1 is 0.815 bits per heavy atom. The van der Waals surface area contributed by atoms with Crippen LogP contribution in [-0.2, 0) is 0 Å². The van der Waals surface area contributed by atoms with Crippen molar-refractivity contribution >= 4 is 11.8 Å². The summed E-state index contributed by atoms with van der Waals surface area (Å²) in [5, 5.41) is 0.695. The summed E-state index contributed by atoms with van der Waals surface area (Å²) in [5.41, 5.74) is 3.87. The normalized spacial score (nSPS) is 12.1. The first-order valence-corrected chi connectivity index (χ1v) is 9.62. The van der Waals surface area contributed by atoms with Crippen molar-refractivity contribution < 1.29 is 8.81 Å². The maximum Gasteiger partial charge on any atom is 0.257 e. The Morgan fingerprint density at radius 2 is 1.41 bits per heavy atom. The van der Waals surface area contributed by atoms with Gasteiger partial charge in [0.25, 0.3) is 5.22 Å². The van der Waals surface area contributed by atoms with Crippen LogP contribution in [0.3, 0.4) is 0 Å². The van der Waals surface area contributed by atoms with Crippen LogP contribution in [0.4, 0.5) is 4.39 Å². The van der Waals surface area contributed by atoms with Gasteiger partial charge in [-0.25, -0.2) is 9.37 Å². The molecule has 0 unspecified atom stereocenters. The van der Waals surface area contributed by atoms with Crippen LogP contribution in [-0.4, -0.2) is 4.98 Å². The van der Waals surface area contributed by atoms with Gasteiger partial charge in [-0.1, -0.05) is 84.6 Å². The molecule has 0 fully saturated rings. The van der Waals surface area contributed by atoms with E-state index in [0.29, 0.717) is 5.22 Å². The second kappa shape index (κ2) is 7.80. The summed E-state index contributed by atoms with van der Waals surface area (Å²) < 4.78 is 19.3. The number of hydrogen-bond acceptors (Lipinski definition) is 3. The van der Waals surface area contributed by atoms with Gasteiger partial charge in [-0.05, 0) is 24.6 Å². The van der Waals surface area contributed by atoms with Crippen LogP contribution in [0.1, 0.15) is 17.7 Å². The minimum Gasteiger partial charge on any atom is -0.431 e. The van der Waals surface area contributed by atoms with E-state index >= 15 is 0 Å². The molecule has 0 N–H and O–H groups in total. The average Bonchev–Trinajstić information content (AvgIpc) is 3.13. The Hall–Kier alpha value is -2.85. The monoisotopic (exact) mass is 375 g/mol. The van der Waals surface area contributed by atoms with E-state index in [9.17, 15) is 4.39 Å². The number of thioether (sulfide) groups is 1. The first-order chi connectivity index (χ1) is 13.2. The maximum atomic E-state index is 13.2. The lowest BCUT2D eigenvalue weighted by molar-refractivity contribution is 0.465. The van der Waals surface area contributed by atoms with Gasteiger partial charge in [0.1, 0.15) is 11.5 Å². The molecule has 0 aliphatic rings. The largest absolute Gasteiger partial charge is 0.431 e. The third kappa shape index (κ3) is 3.96. The highest BCUT2D eigenvalue weighted by Gasteiger charge is 2.19. The van der Waals surface area contributed by atoms with Crippen molar-refractivity contribution in [3.8, 4) is 22.6 Å². The molecule has 0 spiro atoms. The molecular weight excluding hydrogens is 357 g/mol. The number of nitrogens with zero attached hydrogens (tertiary/aromatic N) is 1. The van der Waals surface area contributed by atoms with Crippen LogP contribution in [0, 0.1) is 5.82 Å². The Bertz CT molecular complexity index is 956. The Balaban J connectivity index is 1.70. The Morgan fingerprint density at radius 3 is 2.04 bits per heavy atom. The zero-order valence-electron chi connectivity index (χ0n) is 14.8. The van der Waals surface area contributed by atoms with Crippen molar-refractivity contribution in [1.82, 2.24) is 4.98 Å². The van der Waals surface area contributed by atoms with Crippen molar-refractivity contribution in [2.75, 3.05) is 0 Å². The van der Waals surface area contributed by atoms with E-state index in [4.69, 9.17) is 9.40 Å². The van der Waals surface area contributed by atoms with Crippen molar-refractivity contribution in [3.63, 3.8) is 0 Å². The highest BCUT2D eigenvalue weighted by atomic mass is 32.2. The van der Waals surface area contributed by atoms with Gasteiger partial charge in [-0.2, -0.15) is 0 Å². The van der Waals surface area contributed by atoms with Gasteiger partial charge in [-0.3, -0.25) is 0 Å². The average molecular weight is 375 g/mol. The molecule has 3 aromatic carbocycles. The smallest absolute Gasteiger partial charge is 0.257 e. The fraction of sp³-hybridized carbons (Fsp3) is 0.0870. The number of halogens is 1.